The summed E-state index contributed by atoms with van der Waals surface area (Å²) in [6, 6.07) is 4.27. The largest absolute Gasteiger partial charge is 0.416 e. The van der Waals surface area contributed by atoms with Gasteiger partial charge < -0.3 is 9.80 Å². The van der Waals surface area contributed by atoms with Crippen LogP contribution in [0.4, 0.5) is 18.9 Å². The number of anilines is 1. The number of amides is 2. The highest BCUT2D eigenvalue weighted by Gasteiger charge is 2.30. The van der Waals surface area contributed by atoms with E-state index in [1.807, 2.05) is 0 Å². The molecule has 1 unspecified atom stereocenters. The predicted octanol–water partition coefficient (Wildman–Crippen LogP) is 3.32. The zero-order valence-corrected chi connectivity index (χ0v) is 13.8. The summed E-state index contributed by atoms with van der Waals surface area (Å²) < 4.78 is 37.9. The van der Waals surface area contributed by atoms with Crippen LogP contribution in [0.25, 0.3) is 0 Å². The summed E-state index contributed by atoms with van der Waals surface area (Å²) in [6.45, 7) is 4.51. The van der Waals surface area contributed by atoms with Crippen LogP contribution in [0, 0.1) is 5.92 Å². The van der Waals surface area contributed by atoms with Gasteiger partial charge in [0, 0.05) is 25.7 Å². The fourth-order valence-electron chi connectivity index (χ4n) is 2.87. The maximum absolute atomic E-state index is 12.6. The van der Waals surface area contributed by atoms with Crippen LogP contribution < -0.4 is 4.90 Å². The second-order valence-electron chi connectivity index (χ2n) is 6.24. The Morgan fingerprint density at radius 3 is 2.38 bits per heavy atom. The van der Waals surface area contributed by atoms with Crippen LogP contribution >= 0.6 is 0 Å². The van der Waals surface area contributed by atoms with Crippen molar-refractivity contribution in [1.82, 2.24) is 4.90 Å². The van der Waals surface area contributed by atoms with E-state index in [1.54, 1.807) is 4.90 Å². The highest BCUT2D eigenvalue weighted by Crippen LogP contribution is 2.30. The first-order valence-electron chi connectivity index (χ1n) is 7.91. The second kappa shape index (κ2) is 7.23. The first-order valence-corrected chi connectivity index (χ1v) is 7.91. The van der Waals surface area contributed by atoms with Gasteiger partial charge in [-0.15, -0.1) is 0 Å². The SMILES string of the molecule is CC(=O)N(CC(=O)N1CCCC(C)C1)c1ccc(C(F)(F)F)cc1. The Labute approximate surface area is 139 Å². The Morgan fingerprint density at radius 1 is 1.25 bits per heavy atom. The van der Waals surface area contributed by atoms with Crippen LogP contribution in [0.2, 0.25) is 0 Å². The Hall–Kier alpha value is -2.05. The number of hydrogen-bond donors (Lipinski definition) is 0. The number of nitrogens with zero attached hydrogens (tertiary/aromatic N) is 2. The lowest BCUT2D eigenvalue weighted by molar-refractivity contribution is -0.137. The summed E-state index contributed by atoms with van der Waals surface area (Å²) in [5.74, 6) is -0.149. The first kappa shape index (κ1) is 18.3. The fraction of sp³-hybridized carbons (Fsp3) is 0.529. The van der Waals surface area contributed by atoms with Crippen molar-refractivity contribution in [2.24, 2.45) is 5.92 Å². The van der Waals surface area contributed by atoms with Gasteiger partial charge in [0.2, 0.25) is 11.8 Å². The molecule has 2 rings (SSSR count). The van der Waals surface area contributed by atoms with Crippen molar-refractivity contribution in [1.29, 1.82) is 0 Å². The minimum absolute atomic E-state index is 0.159. The van der Waals surface area contributed by atoms with E-state index < -0.39 is 11.7 Å². The number of alkyl halides is 3. The molecule has 2 amide bonds. The number of carbonyl (C=O) groups is 2. The smallest absolute Gasteiger partial charge is 0.341 e. The van der Waals surface area contributed by atoms with Crippen LogP contribution in [0.5, 0.6) is 0 Å². The van der Waals surface area contributed by atoms with Gasteiger partial charge in [-0.2, -0.15) is 13.2 Å². The molecule has 1 heterocycles. The molecule has 0 aromatic heterocycles. The molecular weight excluding hydrogens is 321 g/mol. The first-order chi connectivity index (χ1) is 11.2. The van der Waals surface area contributed by atoms with E-state index in [0.717, 1.165) is 25.0 Å². The molecule has 132 valence electrons. The van der Waals surface area contributed by atoms with Gasteiger partial charge >= 0.3 is 6.18 Å². The average Bonchev–Trinajstić information content (AvgIpc) is 2.51. The standard InChI is InChI=1S/C17H21F3N2O2/c1-12-4-3-9-21(10-12)16(24)11-22(13(2)23)15-7-5-14(6-8-15)17(18,19)20/h5-8,12H,3-4,9-11H2,1-2H3. The van der Waals surface area contributed by atoms with Crippen LogP contribution in [0.3, 0.4) is 0 Å². The maximum atomic E-state index is 12.6. The average molecular weight is 342 g/mol. The Bertz CT molecular complexity index is 599. The summed E-state index contributed by atoms with van der Waals surface area (Å²) >= 11 is 0. The summed E-state index contributed by atoms with van der Waals surface area (Å²) in [7, 11) is 0. The van der Waals surface area contributed by atoms with Gasteiger partial charge in [-0.1, -0.05) is 6.92 Å². The van der Waals surface area contributed by atoms with Crippen LogP contribution in [-0.2, 0) is 15.8 Å². The molecule has 4 nitrogen and oxygen atoms in total. The summed E-state index contributed by atoms with van der Waals surface area (Å²) in [4.78, 5) is 27.2. The molecule has 0 saturated carbocycles. The Morgan fingerprint density at radius 2 is 1.88 bits per heavy atom. The number of piperidine rings is 1. The summed E-state index contributed by atoms with van der Waals surface area (Å²) in [5.41, 5.74) is -0.500. The lowest BCUT2D eigenvalue weighted by atomic mass is 10.0. The van der Waals surface area contributed by atoms with Crippen molar-refractivity contribution < 1.29 is 22.8 Å². The van der Waals surface area contributed by atoms with Gasteiger partial charge in [-0.25, -0.2) is 0 Å². The molecule has 1 fully saturated rings. The number of rotatable bonds is 3. The zero-order valence-electron chi connectivity index (χ0n) is 13.8. The fourth-order valence-corrected chi connectivity index (χ4v) is 2.87. The third-order valence-corrected chi connectivity index (χ3v) is 4.19. The highest BCUT2D eigenvalue weighted by molar-refractivity contribution is 5.97. The van der Waals surface area contributed by atoms with Gasteiger partial charge in [-0.3, -0.25) is 9.59 Å². The highest BCUT2D eigenvalue weighted by atomic mass is 19.4. The molecule has 0 bridgehead atoms. The van der Waals surface area contributed by atoms with Crippen molar-refractivity contribution in [3.05, 3.63) is 29.8 Å². The molecule has 0 spiro atoms. The molecule has 0 aliphatic carbocycles. The molecule has 1 aliphatic heterocycles. The summed E-state index contributed by atoms with van der Waals surface area (Å²) in [5, 5.41) is 0. The number of hydrogen-bond acceptors (Lipinski definition) is 2. The van der Waals surface area contributed by atoms with Crippen LogP contribution in [0.15, 0.2) is 24.3 Å². The number of likely N-dealkylation sites (tertiary alicyclic amines) is 1. The van der Waals surface area contributed by atoms with Gasteiger partial charge in [0.25, 0.3) is 0 Å². The molecule has 1 aromatic rings. The van der Waals surface area contributed by atoms with Gasteiger partial charge in [0.15, 0.2) is 0 Å². The van der Waals surface area contributed by atoms with E-state index in [1.165, 1.54) is 24.0 Å². The van der Waals surface area contributed by atoms with Gasteiger partial charge in [0.05, 0.1) is 5.56 Å². The van der Waals surface area contributed by atoms with E-state index >= 15 is 0 Å². The molecule has 7 heteroatoms. The molecule has 1 aliphatic rings. The van der Waals surface area contributed by atoms with Gasteiger partial charge in [-0.05, 0) is 43.0 Å². The third-order valence-electron chi connectivity index (χ3n) is 4.19. The molecule has 24 heavy (non-hydrogen) atoms. The number of benzene rings is 1. The van der Waals surface area contributed by atoms with Crippen molar-refractivity contribution in [2.45, 2.75) is 32.9 Å². The third kappa shape index (κ3) is 4.49. The lowest BCUT2D eigenvalue weighted by Crippen LogP contribution is -2.46. The molecule has 0 radical (unpaired) electrons. The zero-order chi connectivity index (χ0) is 17.9. The maximum Gasteiger partial charge on any atom is 0.416 e. The second-order valence-corrected chi connectivity index (χ2v) is 6.24. The van der Waals surface area contributed by atoms with Crippen molar-refractivity contribution in [2.75, 3.05) is 24.5 Å². The molecule has 0 N–H and O–H groups in total. The monoisotopic (exact) mass is 342 g/mol. The minimum Gasteiger partial charge on any atom is -0.341 e. The normalized spacial score (nSPS) is 18.4. The van der Waals surface area contributed by atoms with E-state index in [9.17, 15) is 22.8 Å². The molecule has 1 atom stereocenters. The Kier molecular flexibility index (Phi) is 5.51. The number of carbonyl (C=O) groups excluding carboxylic acids is 2. The number of halogens is 3. The van der Waals surface area contributed by atoms with Crippen molar-refractivity contribution in [3.63, 3.8) is 0 Å². The topological polar surface area (TPSA) is 40.6 Å². The molecule has 1 saturated heterocycles. The van der Waals surface area contributed by atoms with Crippen molar-refractivity contribution in [3.8, 4) is 0 Å². The molecular formula is C17H21F3N2O2. The van der Waals surface area contributed by atoms with E-state index in [2.05, 4.69) is 6.92 Å². The van der Waals surface area contributed by atoms with E-state index in [4.69, 9.17) is 0 Å². The summed E-state index contributed by atoms with van der Waals surface area (Å²) in [6.07, 6.45) is -2.44. The molecule has 1 aromatic carbocycles. The quantitative estimate of drug-likeness (QED) is 0.845. The Balaban J connectivity index is 2.12. The lowest BCUT2D eigenvalue weighted by Gasteiger charge is -2.32. The van der Waals surface area contributed by atoms with Crippen molar-refractivity contribution >= 4 is 17.5 Å². The van der Waals surface area contributed by atoms with Crippen LogP contribution in [-0.4, -0.2) is 36.3 Å². The van der Waals surface area contributed by atoms with E-state index in [-0.39, 0.29) is 24.0 Å². The van der Waals surface area contributed by atoms with E-state index in [0.29, 0.717) is 19.0 Å². The van der Waals surface area contributed by atoms with Gasteiger partial charge in [0.1, 0.15) is 6.54 Å². The van der Waals surface area contributed by atoms with Crippen LogP contribution in [0.1, 0.15) is 32.3 Å². The minimum atomic E-state index is -4.43. The predicted molar refractivity (Wildman–Crippen MR) is 84.4 cm³/mol.